The summed E-state index contributed by atoms with van der Waals surface area (Å²) in [5.74, 6) is -0.484. The summed E-state index contributed by atoms with van der Waals surface area (Å²) >= 11 is 5.70. The Morgan fingerprint density at radius 3 is 2.55 bits per heavy atom. The molecule has 1 saturated heterocycles. The maximum Gasteiger partial charge on any atom is 0.321 e. The fraction of sp³-hybridized carbons (Fsp3) is 0.500. The highest BCUT2D eigenvalue weighted by atomic mass is 35.5. The first-order chi connectivity index (χ1) is 9.63. The molecule has 20 heavy (non-hydrogen) atoms. The van der Waals surface area contributed by atoms with Gasteiger partial charge in [-0.1, -0.05) is 11.6 Å². The molecule has 1 aromatic rings. The Bertz CT molecular complexity index is 513. The van der Waals surface area contributed by atoms with Crippen molar-refractivity contribution in [3.8, 4) is 0 Å². The van der Waals surface area contributed by atoms with Gasteiger partial charge in [0.1, 0.15) is 5.82 Å². The van der Waals surface area contributed by atoms with E-state index in [2.05, 4.69) is 10.2 Å². The highest BCUT2D eigenvalue weighted by Gasteiger charge is 2.32. The molecule has 1 heterocycles. The molecular weight excluding hydrogens is 281 g/mol. The quantitative estimate of drug-likeness (QED) is 0.911. The maximum atomic E-state index is 13.1. The van der Waals surface area contributed by atoms with E-state index >= 15 is 0 Å². The second-order valence-corrected chi connectivity index (χ2v) is 5.72. The van der Waals surface area contributed by atoms with Crippen molar-refractivity contribution in [2.45, 2.75) is 18.9 Å². The molecule has 1 aliphatic heterocycles. The zero-order valence-corrected chi connectivity index (χ0v) is 11.9. The summed E-state index contributed by atoms with van der Waals surface area (Å²) in [5.41, 5.74) is 0.519. The topological polar surface area (TPSA) is 35.6 Å². The third-order valence-corrected chi connectivity index (χ3v) is 4.13. The average Bonchev–Trinajstić information content (AvgIpc) is 3.28. The summed E-state index contributed by atoms with van der Waals surface area (Å²) in [5, 5.41) is 2.77. The van der Waals surface area contributed by atoms with Gasteiger partial charge in [-0.2, -0.15) is 0 Å². The molecule has 3 rings (SSSR count). The molecule has 1 aromatic carbocycles. The van der Waals surface area contributed by atoms with E-state index < -0.39 is 5.82 Å². The Hall–Kier alpha value is -1.33. The van der Waals surface area contributed by atoms with Crippen molar-refractivity contribution in [1.82, 2.24) is 9.80 Å². The molecule has 2 aliphatic rings. The normalized spacial score (nSPS) is 20.0. The Balaban J connectivity index is 1.55. The lowest BCUT2D eigenvalue weighted by Crippen LogP contribution is -2.50. The molecule has 1 aliphatic carbocycles. The zero-order chi connectivity index (χ0) is 14.1. The van der Waals surface area contributed by atoms with Crippen LogP contribution in [0, 0.1) is 5.82 Å². The van der Waals surface area contributed by atoms with E-state index in [-0.39, 0.29) is 11.1 Å². The summed E-state index contributed by atoms with van der Waals surface area (Å²) in [6, 6.07) is 4.79. The molecule has 0 aromatic heterocycles. The Morgan fingerprint density at radius 1 is 1.25 bits per heavy atom. The van der Waals surface area contributed by atoms with E-state index in [9.17, 15) is 9.18 Å². The van der Waals surface area contributed by atoms with Gasteiger partial charge in [0.15, 0.2) is 0 Å². The molecular formula is C14H17ClFN3O. The molecule has 0 spiro atoms. The van der Waals surface area contributed by atoms with E-state index in [0.717, 1.165) is 32.2 Å². The van der Waals surface area contributed by atoms with Crippen LogP contribution in [0.3, 0.4) is 0 Å². The number of anilines is 1. The van der Waals surface area contributed by atoms with Gasteiger partial charge < -0.3 is 10.2 Å². The SMILES string of the molecule is O=C(Nc1ccc(F)c(Cl)c1)N1CCN(C2CC2)CC1. The minimum Gasteiger partial charge on any atom is -0.322 e. The van der Waals surface area contributed by atoms with Crippen molar-refractivity contribution < 1.29 is 9.18 Å². The van der Waals surface area contributed by atoms with Crippen LogP contribution in [0.25, 0.3) is 0 Å². The third-order valence-electron chi connectivity index (χ3n) is 3.84. The van der Waals surface area contributed by atoms with Crippen LogP contribution in [-0.2, 0) is 0 Å². The lowest BCUT2D eigenvalue weighted by molar-refractivity contribution is 0.142. The van der Waals surface area contributed by atoms with Crippen LogP contribution in [0.5, 0.6) is 0 Å². The first-order valence-corrected chi connectivity index (χ1v) is 7.26. The van der Waals surface area contributed by atoms with Crippen molar-refractivity contribution in [1.29, 1.82) is 0 Å². The summed E-state index contributed by atoms with van der Waals surface area (Å²) in [7, 11) is 0. The predicted octanol–water partition coefficient (Wildman–Crippen LogP) is 2.79. The maximum absolute atomic E-state index is 13.1. The van der Waals surface area contributed by atoms with Gasteiger partial charge in [0.2, 0.25) is 0 Å². The van der Waals surface area contributed by atoms with E-state index in [1.807, 2.05) is 0 Å². The van der Waals surface area contributed by atoms with E-state index in [1.165, 1.54) is 31.0 Å². The van der Waals surface area contributed by atoms with Crippen LogP contribution in [-0.4, -0.2) is 48.1 Å². The van der Waals surface area contributed by atoms with E-state index in [0.29, 0.717) is 5.69 Å². The monoisotopic (exact) mass is 297 g/mol. The van der Waals surface area contributed by atoms with Gasteiger partial charge in [0.05, 0.1) is 5.02 Å². The number of hydrogen-bond acceptors (Lipinski definition) is 2. The minimum atomic E-state index is -0.484. The smallest absolute Gasteiger partial charge is 0.321 e. The van der Waals surface area contributed by atoms with Crippen molar-refractivity contribution >= 4 is 23.3 Å². The number of hydrogen-bond donors (Lipinski definition) is 1. The largest absolute Gasteiger partial charge is 0.322 e. The van der Waals surface area contributed by atoms with Crippen molar-refractivity contribution in [3.05, 3.63) is 29.0 Å². The second kappa shape index (κ2) is 5.58. The first kappa shape index (κ1) is 13.6. The molecule has 0 radical (unpaired) electrons. The third kappa shape index (κ3) is 3.04. The standard InChI is InChI=1S/C14H17ClFN3O/c15-12-9-10(1-4-13(12)16)17-14(20)19-7-5-18(6-8-19)11-2-3-11/h1,4,9,11H,2-3,5-8H2,(H,17,20). The van der Waals surface area contributed by atoms with Crippen LogP contribution in [0.2, 0.25) is 5.02 Å². The number of urea groups is 1. The highest BCUT2D eigenvalue weighted by Crippen LogP contribution is 2.27. The number of nitrogens with one attached hydrogen (secondary N) is 1. The van der Waals surface area contributed by atoms with Crippen molar-refractivity contribution in [2.24, 2.45) is 0 Å². The van der Waals surface area contributed by atoms with Gasteiger partial charge in [-0.3, -0.25) is 4.90 Å². The number of halogens is 2. The van der Waals surface area contributed by atoms with Gasteiger partial charge >= 0.3 is 6.03 Å². The van der Waals surface area contributed by atoms with E-state index in [4.69, 9.17) is 11.6 Å². The first-order valence-electron chi connectivity index (χ1n) is 6.88. The van der Waals surface area contributed by atoms with E-state index in [1.54, 1.807) is 4.90 Å². The van der Waals surface area contributed by atoms with Crippen LogP contribution < -0.4 is 5.32 Å². The number of rotatable bonds is 2. The number of nitrogens with zero attached hydrogens (tertiary/aromatic N) is 2. The molecule has 108 valence electrons. The molecule has 6 heteroatoms. The molecule has 0 unspecified atom stereocenters. The fourth-order valence-corrected chi connectivity index (χ4v) is 2.69. The Labute approximate surface area is 122 Å². The molecule has 0 atom stereocenters. The molecule has 2 amide bonds. The predicted molar refractivity (Wildman–Crippen MR) is 76.6 cm³/mol. The van der Waals surface area contributed by atoms with Gasteiger partial charge in [0, 0.05) is 37.9 Å². The van der Waals surface area contributed by atoms with Gasteiger partial charge in [-0.15, -0.1) is 0 Å². The number of carbonyl (C=O) groups excluding carboxylic acids is 1. The molecule has 1 N–H and O–H groups in total. The van der Waals surface area contributed by atoms with Crippen molar-refractivity contribution in [3.63, 3.8) is 0 Å². The number of carbonyl (C=O) groups is 1. The van der Waals surface area contributed by atoms with Crippen LogP contribution in [0.4, 0.5) is 14.9 Å². The highest BCUT2D eigenvalue weighted by molar-refractivity contribution is 6.31. The molecule has 4 nitrogen and oxygen atoms in total. The van der Waals surface area contributed by atoms with Crippen LogP contribution >= 0.6 is 11.6 Å². The fourth-order valence-electron chi connectivity index (χ4n) is 2.51. The molecule has 1 saturated carbocycles. The molecule has 2 fully saturated rings. The van der Waals surface area contributed by atoms with Crippen molar-refractivity contribution in [2.75, 3.05) is 31.5 Å². The zero-order valence-electron chi connectivity index (χ0n) is 11.1. The van der Waals surface area contributed by atoms with Crippen LogP contribution in [0.15, 0.2) is 18.2 Å². The summed E-state index contributed by atoms with van der Waals surface area (Å²) in [6.07, 6.45) is 2.58. The average molecular weight is 298 g/mol. The number of amides is 2. The number of benzene rings is 1. The lowest BCUT2D eigenvalue weighted by Gasteiger charge is -2.34. The second-order valence-electron chi connectivity index (χ2n) is 5.31. The lowest BCUT2D eigenvalue weighted by atomic mass is 10.3. The minimum absolute atomic E-state index is 0.0151. The number of piperazine rings is 1. The summed E-state index contributed by atoms with van der Waals surface area (Å²) < 4.78 is 13.1. The van der Waals surface area contributed by atoms with Gasteiger partial charge in [-0.25, -0.2) is 9.18 Å². The van der Waals surface area contributed by atoms with Gasteiger partial charge in [0.25, 0.3) is 0 Å². The van der Waals surface area contributed by atoms with Crippen LogP contribution in [0.1, 0.15) is 12.8 Å². The summed E-state index contributed by atoms with van der Waals surface area (Å²) in [4.78, 5) is 16.3. The Morgan fingerprint density at radius 2 is 1.95 bits per heavy atom. The summed E-state index contributed by atoms with van der Waals surface area (Å²) in [6.45, 7) is 3.33. The Kier molecular flexibility index (Phi) is 3.81. The molecule has 0 bridgehead atoms. The van der Waals surface area contributed by atoms with Gasteiger partial charge in [-0.05, 0) is 31.0 Å².